The number of hydrogen-bond acceptors (Lipinski definition) is 6. The Morgan fingerprint density at radius 3 is 1.09 bits per heavy atom. The number of ether oxygens (including phenoxy) is 3. The van der Waals surface area contributed by atoms with Crippen molar-refractivity contribution in [1.82, 2.24) is 0 Å². The van der Waals surface area contributed by atoms with Crippen LogP contribution in [-0.2, 0) is 28.6 Å². The van der Waals surface area contributed by atoms with Crippen LogP contribution in [0.15, 0.2) is 122 Å². The van der Waals surface area contributed by atoms with Gasteiger partial charge in [0.1, 0.15) is 13.2 Å². The molecule has 0 aromatic carbocycles. The van der Waals surface area contributed by atoms with Crippen molar-refractivity contribution in [2.45, 2.75) is 226 Å². The second-order valence-corrected chi connectivity index (χ2v) is 17.1. The molecule has 0 fully saturated rings. The molecule has 0 aromatic rings. The smallest absolute Gasteiger partial charge is 0.306 e. The summed E-state index contributed by atoms with van der Waals surface area (Å²) in [5.74, 6) is -1.02. The van der Waals surface area contributed by atoms with Crippen molar-refractivity contribution in [2.24, 2.45) is 0 Å². The number of esters is 3. The summed E-state index contributed by atoms with van der Waals surface area (Å²) >= 11 is 0. The molecule has 0 spiro atoms. The van der Waals surface area contributed by atoms with Crippen LogP contribution in [-0.4, -0.2) is 37.2 Å². The molecule has 1 atom stereocenters. The van der Waals surface area contributed by atoms with E-state index in [0.29, 0.717) is 19.3 Å². The van der Waals surface area contributed by atoms with Gasteiger partial charge in [0.2, 0.25) is 0 Å². The summed E-state index contributed by atoms with van der Waals surface area (Å²) in [6, 6.07) is 0. The fourth-order valence-electron chi connectivity index (χ4n) is 6.71. The number of hydrogen-bond donors (Lipinski definition) is 0. The van der Waals surface area contributed by atoms with Crippen molar-refractivity contribution < 1.29 is 28.6 Å². The molecule has 6 heteroatoms. The highest BCUT2D eigenvalue weighted by Gasteiger charge is 2.19. The molecule has 0 bridgehead atoms. The highest BCUT2D eigenvalue weighted by Crippen LogP contribution is 2.12. The van der Waals surface area contributed by atoms with Gasteiger partial charge >= 0.3 is 17.9 Å². The van der Waals surface area contributed by atoms with Crippen LogP contribution >= 0.6 is 0 Å². The predicted molar refractivity (Wildman–Crippen MR) is 283 cm³/mol. The van der Waals surface area contributed by atoms with E-state index in [1.54, 1.807) is 0 Å². The summed E-state index contributed by atoms with van der Waals surface area (Å²) in [4.78, 5) is 38.0. The molecule has 0 aliphatic carbocycles. The maximum absolute atomic E-state index is 12.8. The summed E-state index contributed by atoms with van der Waals surface area (Å²) in [5.41, 5.74) is 0. The number of rotatable bonds is 46. The maximum atomic E-state index is 12.8. The zero-order valence-electron chi connectivity index (χ0n) is 42.4. The first kappa shape index (κ1) is 61.8. The zero-order valence-corrected chi connectivity index (χ0v) is 42.4. The lowest BCUT2D eigenvalue weighted by Gasteiger charge is -2.18. The third kappa shape index (κ3) is 50.8. The molecule has 0 aliphatic heterocycles. The molecule has 0 aromatic heterocycles. The molecule has 0 amide bonds. The minimum Gasteiger partial charge on any atom is -0.462 e. The van der Waals surface area contributed by atoms with E-state index in [1.807, 2.05) is 0 Å². The number of carbonyl (C=O) groups excluding carboxylic acids is 3. The molecule has 372 valence electrons. The van der Waals surface area contributed by atoms with Gasteiger partial charge in [-0.3, -0.25) is 14.4 Å². The van der Waals surface area contributed by atoms with E-state index in [1.165, 1.54) is 64.2 Å². The lowest BCUT2D eigenvalue weighted by Crippen LogP contribution is -2.30. The van der Waals surface area contributed by atoms with Crippen LogP contribution in [0.2, 0.25) is 0 Å². The minimum absolute atomic E-state index is 0.118. The Morgan fingerprint density at radius 2 is 0.652 bits per heavy atom. The van der Waals surface area contributed by atoms with Crippen LogP contribution in [0.1, 0.15) is 220 Å². The lowest BCUT2D eigenvalue weighted by molar-refractivity contribution is -0.167. The van der Waals surface area contributed by atoms with Gasteiger partial charge in [-0.25, -0.2) is 0 Å². The molecular weight excluding hydrogens is 817 g/mol. The van der Waals surface area contributed by atoms with E-state index in [9.17, 15) is 14.4 Å². The Bertz CT molecular complexity index is 1420. The van der Waals surface area contributed by atoms with Gasteiger partial charge in [0.25, 0.3) is 0 Å². The number of carbonyl (C=O) groups is 3. The van der Waals surface area contributed by atoms with Crippen LogP contribution in [0.3, 0.4) is 0 Å². The Morgan fingerprint density at radius 1 is 0.333 bits per heavy atom. The van der Waals surface area contributed by atoms with Gasteiger partial charge in [-0.15, -0.1) is 0 Å². The molecule has 0 heterocycles. The molecule has 0 saturated heterocycles. The van der Waals surface area contributed by atoms with Crippen LogP contribution in [0.25, 0.3) is 0 Å². The van der Waals surface area contributed by atoms with Crippen molar-refractivity contribution in [1.29, 1.82) is 0 Å². The summed E-state index contributed by atoms with van der Waals surface area (Å²) in [6.45, 7) is 6.37. The molecule has 0 N–H and O–H groups in total. The predicted octanol–water partition coefficient (Wildman–Crippen LogP) is 17.7. The molecule has 0 saturated carbocycles. The van der Waals surface area contributed by atoms with Gasteiger partial charge < -0.3 is 14.2 Å². The average Bonchev–Trinajstić information content (AvgIpc) is 3.31. The van der Waals surface area contributed by atoms with Gasteiger partial charge in [-0.05, 0) is 122 Å². The topological polar surface area (TPSA) is 78.9 Å². The van der Waals surface area contributed by atoms with E-state index in [4.69, 9.17) is 14.2 Å². The van der Waals surface area contributed by atoms with Gasteiger partial charge in [0.15, 0.2) is 6.10 Å². The van der Waals surface area contributed by atoms with Crippen LogP contribution in [0.4, 0.5) is 0 Å². The minimum atomic E-state index is -0.825. The molecule has 6 nitrogen and oxygen atoms in total. The molecule has 66 heavy (non-hydrogen) atoms. The van der Waals surface area contributed by atoms with E-state index in [2.05, 4.69) is 142 Å². The lowest BCUT2D eigenvalue weighted by atomic mass is 10.1. The van der Waals surface area contributed by atoms with Gasteiger partial charge in [0.05, 0.1) is 0 Å². The van der Waals surface area contributed by atoms with E-state index in [0.717, 1.165) is 103 Å². The quantitative estimate of drug-likeness (QED) is 0.0199. The molecule has 0 rings (SSSR count). The molecular formula is C60H96O6. The second-order valence-electron chi connectivity index (χ2n) is 17.1. The third-order valence-corrected chi connectivity index (χ3v) is 10.7. The Balaban J connectivity index is 4.58. The van der Waals surface area contributed by atoms with Gasteiger partial charge in [0, 0.05) is 19.3 Å². The summed E-state index contributed by atoms with van der Waals surface area (Å²) in [5, 5.41) is 0. The van der Waals surface area contributed by atoms with Crippen LogP contribution < -0.4 is 0 Å². The highest BCUT2D eigenvalue weighted by molar-refractivity contribution is 5.71. The van der Waals surface area contributed by atoms with Crippen molar-refractivity contribution in [2.75, 3.05) is 13.2 Å². The fourth-order valence-corrected chi connectivity index (χ4v) is 6.71. The summed E-state index contributed by atoms with van der Waals surface area (Å²) in [7, 11) is 0. The summed E-state index contributed by atoms with van der Waals surface area (Å²) in [6.07, 6.45) is 73.2. The Labute approximate surface area is 405 Å². The highest BCUT2D eigenvalue weighted by atomic mass is 16.6. The third-order valence-electron chi connectivity index (χ3n) is 10.7. The molecule has 1 unspecified atom stereocenters. The summed E-state index contributed by atoms with van der Waals surface area (Å²) < 4.78 is 16.7. The second kappa shape index (κ2) is 53.4. The molecule has 0 radical (unpaired) electrons. The van der Waals surface area contributed by atoms with Crippen LogP contribution in [0.5, 0.6) is 0 Å². The van der Waals surface area contributed by atoms with Crippen LogP contribution in [0, 0.1) is 0 Å². The fraction of sp³-hybridized carbons (Fsp3) is 0.617. The zero-order chi connectivity index (χ0) is 47.9. The van der Waals surface area contributed by atoms with Crippen molar-refractivity contribution >= 4 is 17.9 Å². The SMILES string of the molecule is CC/C=C\C/C=C\C/C=C\C/C=C\CCCCCC(=O)OC(COC(=O)CCC/C=C\C/C=C\C/C=C\C/C=C\CCCCC)COC(=O)CCCCCCCC/C=C\C=C/CCCCC. The normalized spacial score (nSPS) is 13.1. The first-order valence-corrected chi connectivity index (χ1v) is 26.6. The Hall–Kier alpha value is -4.19. The standard InChI is InChI=1S/C60H96O6/c1-4-7-10-13-16-19-22-25-28-30-33-35-38-41-44-47-50-53-59(62)65-56-57(55-64-58(61)52-49-46-43-40-37-34-31-27-24-21-18-15-12-9-6-3)66-60(63)54-51-48-45-42-39-36-32-29-26-23-20-17-14-11-8-5-2/h8,11,16-21,24-29,33,35-36,39,41,44,57H,4-7,9-10,12-15,22-23,30-32,34,37-38,40,42-43,45-56H2,1-3H3/b11-8-,19-16-,20-17-,21-18-,27-24-,28-25-,29-26-,35-33-,39-36-,44-41-. The van der Waals surface area contributed by atoms with Crippen molar-refractivity contribution in [3.8, 4) is 0 Å². The average molecular weight is 913 g/mol. The monoisotopic (exact) mass is 913 g/mol. The first-order valence-electron chi connectivity index (χ1n) is 26.6. The largest absolute Gasteiger partial charge is 0.462 e. The Kier molecular flexibility index (Phi) is 50.0. The maximum Gasteiger partial charge on any atom is 0.306 e. The number of allylic oxidation sites excluding steroid dienone is 20. The van der Waals surface area contributed by atoms with Crippen molar-refractivity contribution in [3.05, 3.63) is 122 Å². The van der Waals surface area contributed by atoms with Gasteiger partial charge in [-0.2, -0.15) is 0 Å². The van der Waals surface area contributed by atoms with Crippen molar-refractivity contribution in [3.63, 3.8) is 0 Å². The van der Waals surface area contributed by atoms with Gasteiger partial charge in [-0.1, -0.05) is 200 Å². The number of unbranched alkanes of at least 4 members (excludes halogenated alkanes) is 16. The van der Waals surface area contributed by atoms with E-state index < -0.39 is 6.10 Å². The van der Waals surface area contributed by atoms with E-state index >= 15 is 0 Å². The van der Waals surface area contributed by atoms with E-state index in [-0.39, 0.29) is 44.0 Å². The first-order chi connectivity index (χ1) is 32.5. The molecule has 0 aliphatic rings.